The Hall–Kier alpha value is -13.8. The molecule has 0 amide bonds. The van der Waals surface area contributed by atoms with Gasteiger partial charge in [-0.2, -0.15) is 0 Å². The molecule has 18 aromatic rings. The highest BCUT2D eigenvalue weighted by molar-refractivity contribution is 7.00. The van der Waals surface area contributed by atoms with Gasteiger partial charge in [-0.1, -0.05) is 328 Å². The van der Waals surface area contributed by atoms with E-state index < -0.39 is 16.2 Å². The molecule has 3 heterocycles. The molecule has 8 aliphatic rings. The van der Waals surface area contributed by atoms with Crippen LogP contribution in [0.15, 0.2) is 376 Å². The molecule has 500 valence electrons. The van der Waals surface area contributed by atoms with Crippen molar-refractivity contribution in [2.75, 3.05) is 9.80 Å². The Morgan fingerprint density at radius 2 is 0.624 bits per heavy atom. The molecule has 6 aliphatic carbocycles. The first-order valence-corrected chi connectivity index (χ1v) is 38.4. The van der Waals surface area contributed by atoms with Crippen molar-refractivity contribution in [1.29, 1.82) is 0 Å². The lowest BCUT2D eigenvalue weighted by molar-refractivity contribution is 0.790. The summed E-state index contributed by atoms with van der Waals surface area (Å²) < 4.78 is 2.58. The van der Waals surface area contributed by atoms with E-state index in [0.29, 0.717) is 0 Å². The van der Waals surface area contributed by atoms with Gasteiger partial charge in [0, 0.05) is 50.3 Å². The molecule has 2 aliphatic heterocycles. The van der Waals surface area contributed by atoms with Crippen molar-refractivity contribution < 1.29 is 0 Å². The quantitative estimate of drug-likeness (QED) is 0.163. The fourth-order valence-corrected chi connectivity index (χ4v) is 22.9. The van der Waals surface area contributed by atoms with Crippen molar-refractivity contribution in [2.24, 2.45) is 0 Å². The zero-order chi connectivity index (χ0) is 70.7. The monoisotopic (exact) mass is 1380 g/mol. The number of anilines is 6. The van der Waals surface area contributed by atoms with E-state index in [1.54, 1.807) is 0 Å². The van der Waals surface area contributed by atoms with E-state index >= 15 is 0 Å². The lowest BCUT2D eigenvalue weighted by Crippen LogP contribution is -2.62. The molecular formula is C105H62BN3. The number of para-hydroxylation sites is 2. The molecule has 3 spiro atoms. The van der Waals surface area contributed by atoms with Crippen molar-refractivity contribution in [3.8, 4) is 83.6 Å². The molecule has 26 rings (SSSR count). The minimum Gasteiger partial charge on any atom is -0.311 e. The Morgan fingerprint density at radius 1 is 0.220 bits per heavy atom. The molecule has 3 nitrogen and oxygen atoms in total. The van der Waals surface area contributed by atoms with Crippen LogP contribution in [0.1, 0.15) is 66.8 Å². The topological polar surface area (TPSA) is 11.4 Å². The Labute approximate surface area is 631 Å². The fraction of sp³-hybridized carbons (Fsp3) is 0.0286. The zero-order valence-electron chi connectivity index (χ0n) is 59.2. The molecule has 4 heteroatoms. The van der Waals surface area contributed by atoms with Gasteiger partial charge in [-0.25, -0.2) is 0 Å². The highest BCUT2D eigenvalue weighted by Gasteiger charge is 2.59. The van der Waals surface area contributed by atoms with E-state index in [2.05, 4.69) is 390 Å². The van der Waals surface area contributed by atoms with E-state index in [4.69, 9.17) is 0 Å². The Balaban J connectivity index is 0.849. The van der Waals surface area contributed by atoms with E-state index in [1.807, 2.05) is 0 Å². The number of nitrogens with zero attached hydrogens (tertiary/aromatic N) is 3. The molecule has 0 unspecified atom stereocenters. The number of fused-ring (bicyclic) bond motifs is 38. The maximum absolute atomic E-state index is 2.82. The highest BCUT2D eigenvalue weighted by Crippen LogP contribution is 2.70. The van der Waals surface area contributed by atoms with Crippen molar-refractivity contribution in [2.45, 2.75) is 16.2 Å². The number of hydrogen-bond acceptors (Lipinski definition) is 2. The van der Waals surface area contributed by atoms with Crippen molar-refractivity contribution in [3.05, 3.63) is 443 Å². The van der Waals surface area contributed by atoms with Gasteiger partial charge in [0.05, 0.1) is 38.7 Å². The summed E-state index contributed by atoms with van der Waals surface area (Å²) in [7, 11) is 0. The van der Waals surface area contributed by atoms with E-state index in [0.717, 1.165) is 45.2 Å². The van der Waals surface area contributed by atoms with Crippen LogP contribution >= 0.6 is 0 Å². The van der Waals surface area contributed by atoms with Crippen LogP contribution in [0.3, 0.4) is 0 Å². The summed E-state index contributed by atoms with van der Waals surface area (Å²) in [5, 5.41) is 2.44. The molecule has 0 radical (unpaired) electrons. The molecule has 109 heavy (non-hydrogen) atoms. The van der Waals surface area contributed by atoms with Gasteiger partial charge in [0.15, 0.2) is 0 Å². The molecule has 0 saturated heterocycles. The van der Waals surface area contributed by atoms with Crippen LogP contribution in [0.2, 0.25) is 0 Å². The van der Waals surface area contributed by atoms with Gasteiger partial charge >= 0.3 is 0 Å². The highest BCUT2D eigenvalue weighted by atomic mass is 15.2. The third-order valence-corrected chi connectivity index (χ3v) is 26.6. The van der Waals surface area contributed by atoms with Gasteiger partial charge in [0.1, 0.15) is 0 Å². The first kappa shape index (κ1) is 58.5. The molecule has 0 bridgehead atoms. The summed E-state index contributed by atoms with van der Waals surface area (Å²) >= 11 is 0. The second kappa shape index (κ2) is 20.8. The summed E-state index contributed by atoms with van der Waals surface area (Å²) in [6.07, 6.45) is 0. The third kappa shape index (κ3) is 6.92. The summed E-state index contributed by atoms with van der Waals surface area (Å²) in [4.78, 5) is 5.55. The van der Waals surface area contributed by atoms with Crippen LogP contribution in [-0.2, 0) is 16.2 Å². The maximum Gasteiger partial charge on any atom is 0.252 e. The van der Waals surface area contributed by atoms with Crippen LogP contribution in [0, 0.1) is 0 Å². The maximum atomic E-state index is 2.82. The molecule has 0 N–H and O–H groups in total. The standard InChI is InChI=1S/C105H62BN3/c1-2-27-63(28-3-1)64-53-58-95-92(59-64)106-91-57-56-78-74-36-11-22-47-87(74)105(85-45-20-9-33-71(85)72-34-10-21-46-86(72)105)100(78)102(91)108(65-54-55-75-73-35-8-19-44-84(73)104(90(75)60-65)82-42-17-6-31-69(82)70-32-7-18-43-83(70)104)97-61-66(107-93-50-24-13-37-76(93)77-38-14-25-51-94(77)107)62-98(101(97)106)109(95)96-52-26-49-89-99(96)79-39-12-23-48-88(79)103(89)80-40-15-4-29-67(80)68-30-5-16-41-81(68)103/h1-62H. The molecule has 0 saturated carbocycles. The zero-order valence-corrected chi connectivity index (χ0v) is 59.2. The van der Waals surface area contributed by atoms with Gasteiger partial charge < -0.3 is 14.4 Å². The second-order valence-electron chi connectivity index (χ2n) is 31.0. The fourth-order valence-electron chi connectivity index (χ4n) is 22.9. The van der Waals surface area contributed by atoms with Gasteiger partial charge in [-0.05, 0) is 198 Å². The molecule has 0 atom stereocenters. The van der Waals surface area contributed by atoms with Crippen molar-refractivity contribution >= 4 is 79.0 Å². The Kier molecular flexibility index (Phi) is 11.2. The summed E-state index contributed by atoms with van der Waals surface area (Å²) in [6.45, 7) is -0.279. The number of hydrogen-bond donors (Lipinski definition) is 0. The minimum atomic E-state index is -0.730. The first-order chi connectivity index (χ1) is 54.1. The van der Waals surface area contributed by atoms with E-state index in [-0.39, 0.29) is 6.71 Å². The average molecular weight is 1380 g/mol. The van der Waals surface area contributed by atoms with Gasteiger partial charge in [0.2, 0.25) is 0 Å². The SMILES string of the molecule is c1ccc(-c2ccc3c(c2)B2c4ccc5c(c4N(c4ccc6c(c4)C4(c7ccccc7-c7ccccc74)c4ccccc4-6)c4cc(-n6c7ccccc7c7ccccc76)cc(c42)N3c2cccc3c2-c2ccccc2C32c3ccccc3-c3ccccc32)C2(c3ccccc3-c3ccccc32)c2ccccc2-5)cc1. The first-order valence-electron chi connectivity index (χ1n) is 38.4. The number of benzene rings is 17. The van der Waals surface area contributed by atoms with Crippen LogP contribution in [0.5, 0.6) is 0 Å². The number of aromatic nitrogens is 1. The molecule has 0 fully saturated rings. The van der Waals surface area contributed by atoms with Crippen LogP contribution in [0.4, 0.5) is 34.1 Å². The Morgan fingerprint density at radius 3 is 1.15 bits per heavy atom. The normalized spacial score (nSPS) is 15.0. The van der Waals surface area contributed by atoms with Gasteiger partial charge in [-0.3, -0.25) is 0 Å². The largest absolute Gasteiger partial charge is 0.311 e. The Bertz CT molecular complexity index is 6950. The van der Waals surface area contributed by atoms with Gasteiger partial charge in [0.25, 0.3) is 6.71 Å². The second-order valence-corrected chi connectivity index (χ2v) is 31.0. The van der Waals surface area contributed by atoms with E-state index in [9.17, 15) is 0 Å². The number of rotatable bonds is 4. The third-order valence-electron chi connectivity index (χ3n) is 26.6. The molecular weight excluding hydrogens is 1310 g/mol. The summed E-state index contributed by atoms with van der Waals surface area (Å²) in [5.74, 6) is 0. The van der Waals surface area contributed by atoms with Crippen molar-refractivity contribution in [1.82, 2.24) is 4.57 Å². The molecule has 1 aromatic heterocycles. The summed E-state index contributed by atoms with van der Waals surface area (Å²) in [6, 6.07) is 146. The van der Waals surface area contributed by atoms with Crippen LogP contribution in [-0.4, -0.2) is 11.3 Å². The van der Waals surface area contributed by atoms with Crippen molar-refractivity contribution in [3.63, 3.8) is 0 Å². The van der Waals surface area contributed by atoms with Gasteiger partial charge in [-0.15, -0.1) is 0 Å². The van der Waals surface area contributed by atoms with Crippen LogP contribution in [0.25, 0.3) is 105 Å². The summed E-state index contributed by atoms with van der Waals surface area (Å²) in [5.41, 5.74) is 45.6. The predicted molar refractivity (Wildman–Crippen MR) is 449 cm³/mol. The lowest BCUT2D eigenvalue weighted by Gasteiger charge is -2.47. The molecule has 17 aromatic carbocycles. The lowest BCUT2D eigenvalue weighted by atomic mass is 9.33. The van der Waals surface area contributed by atoms with Crippen LogP contribution < -0.4 is 26.2 Å². The minimum absolute atomic E-state index is 0.279. The smallest absolute Gasteiger partial charge is 0.252 e. The van der Waals surface area contributed by atoms with E-state index in [1.165, 1.54) is 177 Å². The predicted octanol–water partition coefficient (Wildman–Crippen LogP) is 23.6. The average Bonchev–Trinajstić information content (AvgIpc) is 1.62.